The Kier molecular flexibility index (Phi) is 7.89. The second kappa shape index (κ2) is 8.94. The number of ether oxygens (including phenoxy) is 2. The van der Waals surface area contributed by atoms with E-state index in [2.05, 4.69) is 0 Å². The quantitative estimate of drug-likeness (QED) is 0.196. The van der Waals surface area contributed by atoms with Crippen LogP contribution in [0.4, 0.5) is 0 Å². The Bertz CT molecular complexity index is 365. The van der Waals surface area contributed by atoms with Crippen LogP contribution >= 0.6 is 0 Å². The van der Waals surface area contributed by atoms with Gasteiger partial charge >= 0.3 is 0 Å². The molecule has 136 valence electrons. The maximum absolute atomic E-state index is 10.5. The molecular weight excluding hydrogens is 320 g/mol. The summed E-state index contributed by atoms with van der Waals surface area (Å²) in [6.45, 7) is -1.64. The van der Waals surface area contributed by atoms with Crippen molar-refractivity contribution < 1.29 is 55.1 Å². The van der Waals surface area contributed by atoms with Crippen LogP contribution in [0.1, 0.15) is 0 Å². The molecule has 9 atom stereocenters. The highest BCUT2D eigenvalue weighted by Crippen LogP contribution is 2.24. The molecular formula is C12H22O11. The topological polar surface area (TPSA) is 197 Å². The van der Waals surface area contributed by atoms with Crippen molar-refractivity contribution in [2.45, 2.75) is 55.1 Å². The predicted molar refractivity (Wildman–Crippen MR) is 69.8 cm³/mol. The Morgan fingerprint density at radius 2 is 1.65 bits per heavy atom. The van der Waals surface area contributed by atoms with E-state index in [1.165, 1.54) is 0 Å². The van der Waals surface area contributed by atoms with Crippen LogP contribution in [0.3, 0.4) is 0 Å². The third kappa shape index (κ3) is 4.64. The molecule has 8 N–H and O–H groups in total. The van der Waals surface area contributed by atoms with Crippen molar-refractivity contribution in [2.24, 2.45) is 0 Å². The molecule has 0 radical (unpaired) electrons. The summed E-state index contributed by atoms with van der Waals surface area (Å²) in [5.41, 5.74) is 0. The summed E-state index contributed by atoms with van der Waals surface area (Å²) in [6, 6.07) is 0. The molecule has 0 aromatic rings. The number of carbonyl (C=O) groups is 1. The molecule has 0 bridgehead atoms. The Hall–Kier alpha value is -0.730. The lowest BCUT2D eigenvalue weighted by atomic mass is 9.98. The van der Waals surface area contributed by atoms with Gasteiger partial charge < -0.3 is 55.1 Å². The lowest BCUT2D eigenvalue weighted by Crippen LogP contribution is -2.61. The van der Waals surface area contributed by atoms with E-state index in [9.17, 15) is 35.4 Å². The van der Waals surface area contributed by atoms with E-state index < -0.39 is 68.3 Å². The van der Waals surface area contributed by atoms with Crippen LogP contribution in [0.2, 0.25) is 0 Å². The Labute approximate surface area is 130 Å². The average molecular weight is 342 g/mol. The van der Waals surface area contributed by atoms with Gasteiger partial charge in [-0.05, 0) is 0 Å². The smallest absolute Gasteiger partial charge is 0.187 e. The molecule has 11 nitrogen and oxygen atoms in total. The van der Waals surface area contributed by atoms with Crippen LogP contribution in [0.5, 0.6) is 0 Å². The van der Waals surface area contributed by atoms with Crippen molar-refractivity contribution in [3.05, 3.63) is 0 Å². The number of aldehydes is 1. The van der Waals surface area contributed by atoms with E-state index in [-0.39, 0.29) is 6.29 Å². The normalized spacial score (nSPS) is 37.0. The number of rotatable bonds is 8. The van der Waals surface area contributed by atoms with Crippen LogP contribution in [0.15, 0.2) is 0 Å². The second-order valence-electron chi connectivity index (χ2n) is 5.17. The van der Waals surface area contributed by atoms with Gasteiger partial charge in [-0.1, -0.05) is 0 Å². The molecule has 1 heterocycles. The van der Waals surface area contributed by atoms with Crippen molar-refractivity contribution in [2.75, 3.05) is 13.2 Å². The molecule has 1 aliphatic heterocycles. The largest absolute Gasteiger partial charge is 0.394 e. The van der Waals surface area contributed by atoms with E-state index in [0.717, 1.165) is 0 Å². The molecule has 0 aromatic carbocycles. The zero-order valence-electron chi connectivity index (χ0n) is 12.0. The molecule has 1 rings (SSSR count). The third-order valence-corrected chi connectivity index (χ3v) is 3.53. The van der Waals surface area contributed by atoms with Crippen molar-refractivity contribution in [3.8, 4) is 0 Å². The van der Waals surface area contributed by atoms with Gasteiger partial charge in [-0.3, -0.25) is 0 Å². The Balaban J connectivity index is 2.91. The van der Waals surface area contributed by atoms with Crippen molar-refractivity contribution in [1.29, 1.82) is 0 Å². The minimum atomic E-state index is -1.97. The summed E-state index contributed by atoms with van der Waals surface area (Å²) in [4.78, 5) is 10.5. The van der Waals surface area contributed by atoms with E-state index in [1.54, 1.807) is 0 Å². The molecule has 0 amide bonds. The summed E-state index contributed by atoms with van der Waals surface area (Å²) in [7, 11) is 0. The molecule has 1 aliphatic rings. The first kappa shape index (κ1) is 20.3. The average Bonchev–Trinajstić information content (AvgIpc) is 2.57. The molecule has 0 spiro atoms. The number of hydrogen-bond donors (Lipinski definition) is 8. The van der Waals surface area contributed by atoms with Gasteiger partial charge in [0.1, 0.15) is 48.8 Å². The summed E-state index contributed by atoms with van der Waals surface area (Å²) in [6.07, 6.45) is -15.7. The molecule has 1 saturated heterocycles. The second-order valence-corrected chi connectivity index (χ2v) is 5.17. The van der Waals surface area contributed by atoms with Crippen LogP contribution in [0, 0.1) is 0 Å². The molecule has 11 heteroatoms. The minimum absolute atomic E-state index is 0.0294. The Morgan fingerprint density at radius 3 is 2.13 bits per heavy atom. The van der Waals surface area contributed by atoms with Crippen LogP contribution < -0.4 is 0 Å². The zero-order valence-corrected chi connectivity index (χ0v) is 12.0. The zero-order chi connectivity index (χ0) is 17.7. The summed E-state index contributed by atoms with van der Waals surface area (Å²) in [5, 5.41) is 75.7. The van der Waals surface area contributed by atoms with Gasteiger partial charge in [0, 0.05) is 0 Å². The molecule has 1 fully saturated rings. The lowest BCUT2D eigenvalue weighted by molar-refractivity contribution is -0.326. The van der Waals surface area contributed by atoms with Gasteiger partial charge in [-0.2, -0.15) is 0 Å². The van der Waals surface area contributed by atoms with Crippen molar-refractivity contribution >= 4 is 6.29 Å². The number of aliphatic hydroxyl groups excluding tert-OH is 8. The molecule has 0 aromatic heterocycles. The highest BCUT2D eigenvalue weighted by atomic mass is 16.7. The first-order chi connectivity index (χ1) is 10.8. The van der Waals surface area contributed by atoms with Gasteiger partial charge in [0.25, 0.3) is 0 Å². The van der Waals surface area contributed by atoms with Crippen LogP contribution in [-0.2, 0) is 14.3 Å². The number of hydrogen-bond acceptors (Lipinski definition) is 11. The fourth-order valence-electron chi connectivity index (χ4n) is 2.11. The lowest BCUT2D eigenvalue weighted by Gasteiger charge is -2.42. The van der Waals surface area contributed by atoms with E-state index >= 15 is 0 Å². The fraction of sp³-hybridized carbons (Fsp3) is 0.917. The van der Waals surface area contributed by atoms with Crippen molar-refractivity contribution in [1.82, 2.24) is 0 Å². The molecule has 23 heavy (non-hydrogen) atoms. The molecule has 0 unspecified atom stereocenters. The van der Waals surface area contributed by atoms with E-state index in [1.807, 2.05) is 0 Å². The monoisotopic (exact) mass is 342 g/mol. The minimum Gasteiger partial charge on any atom is -0.394 e. The van der Waals surface area contributed by atoms with Gasteiger partial charge in [0.05, 0.1) is 13.2 Å². The predicted octanol–water partition coefficient (Wildman–Crippen LogP) is -5.55. The summed E-state index contributed by atoms with van der Waals surface area (Å²) in [5.74, 6) is 0. The fourth-order valence-corrected chi connectivity index (χ4v) is 2.11. The van der Waals surface area contributed by atoms with E-state index in [0.29, 0.717) is 0 Å². The van der Waals surface area contributed by atoms with Crippen LogP contribution in [-0.4, -0.2) is 115 Å². The summed E-state index contributed by atoms with van der Waals surface area (Å²) >= 11 is 0. The van der Waals surface area contributed by atoms with Crippen molar-refractivity contribution in [3.63, 3.8) is 0 Å². The standard InChI is InChI=1S/C12H22O11/c13-1-4(16)7(18)11(5(17)2-14)23-12-10(21)9(20)8(19)6(3-15)22-12/h1,4-12,14-21H,2-3H2/t4-,5-,6-,7-,8-,9+,10+,11-,12+/m1/s1. The Morgan fingerprint density at radius 1 is 1.04 bits per heavy atom. The highest BCUT2D eigenvalue weighted by molar-refractivity contribution is 5.56. The first-order valence-corrected chi connectivity index (χ1v) is 6.84. The molecule has 0 aliphatic carbocycles. The first-order valence-electron chi connectivity index (χ1n) is 6.84. The van der Waals surface area contributed by atoms with Gasteiger partial charge in [0.15, 0.2) is 12.6 Å². The maximum Gasteiger partial charge on any atom is 0.187 e. The maximum atomic E-state index is 10.5. The number of aliphatic hydroxyl groups is 8. The van der Waals surface area contributed by atoms with Crippen LogP contribution in [0.25, 0.3) is 0 Å². The summed E-state index contributed by atoms with van der Waals surface area (Å²) < 4.78 is 10.1. The number of carbonyl (C=O) groups excluding carboxylic acids is 1. The van der Waals surface area contributed by atoms with Gasteiger partial charge in [-0.15, -0.1) is 0 Å². The van der Waals surface area contributed by atoms with E-state index in [4.69, 9.17) is 19.7 Å². The highest BCUT2D eigenvalue weighted by Gasteiger charge is 2.46. The SMILES string of the molecule is O=C[C@@H](O)[C@@H](O)[C@H](O[C@@H]1O[C@H](CO)[C@@H](O)[C@H](O)[C@@H]1O)[C@H](O)CO. The third-order valence-electron chi connectivity index (χ3n) is 3.53. The van der Waals surface area contributed by atoms with Gasteiger partial charge in [0.2, 0.25) is 0 Å². The van der Waals surface area contributed by atoms with Gasteiger partial charge in [-0.25, -0.2) is 0 Å². The molecule has 0 saturated carbocycles.